The lowest BCUT2D eigenvalue weighted by Gasteiger charge is -2.08. The number of H-pyrrole nitrogens is 1. The van der Waals surface area contributed by atoms with E-state index in [1.165, 1.54) is 6.92 Å². The van der Waals surface area contributed by atoms with Crippen molar-refractivity contribution in [3.8, 4) is 5.75 Å². The highest BCUT2D eigenvalue weighted by Gasteiger charge is 2.13. The van der Waals surface area contributed by atoms with Crippen LogP contribution in [-0.2, 0) is 11.2 Å². The molecule has 96 valence electrons. The topological polar surface area (TPSA) is 82.6 Å². The second-order valence-corrected chi connectivity index (χ2v) is 4.13. The number of hydrogen-bond acceptors (Lipinski definition) is 4. The standard InChI is InChI=1S/C13H15NO4/c1-8(16)18-12-4-2-3-11-13(12)9(6-14-11)5-10(17)7-15/h2-4,6,10,14-15,17H,5,7H2,1H3. The summed E-state index contributed by atoms with van der Waals surface area (Å²) < 4.78 is 5.14. The Balaban J connectivity index is 2.44. The highest BCUT2D eigenvalue weighted by molar-refractivity contribution is 5.91. The van der Waals surface area contributed by atoms with Gasteiger partial charge < -0.3 is 19.9 Å². The van der Waals surface area contributed by atoms with Crippen molar-refractivity contribution in [3.05, 3.63) is 30.0 Å². The molecule has 0 amide bonds. The van der Waals surface area contributed by atoms with Gasteiger partial charge in [0.05, 0.1) is 12.7 Å². The maximum atomic E-state index is 11.0. The summed E-state index contributed by atoms with van der Waals surface area (Å²) in [6.07, 6.45) is 1.22. The van der Waals surface area contributed by atoms with E-state index in [2.05, 4.69) is 4.98 Å². The molecule has 0 saturated heterocycles. The van der Waals surface area contributed by atoms with Crippen molar-refractivity contribution >= 4 is 16.9 Å². The molecule has 1 unspecified atom stereocenters. The number of ether oxygens (including phenoxy) is 1. The van der Waals surface area contributed by atoms with Crippen LogP contribution < -0.4 is 4.74 Å². The fraction of sp³-hybridized carbons (Fsp3) is 0.308. The number of carbonyl (C=O) groups excluding carboxylic acids is 1. The summed E-state index contributed by atoms with van der Waals surface area (Å²) in [5.74, 6) is 0.0683. The Morgan fingerprint density at radius 2 is 2.28 bits per heavy atom. The van der Waals surface area contributed by atoms with Gasteiger partial charge in [-0.3, -0.25) is 4.79 Å². The van der Waals surface area contributed by atoms with E-state index in [1.807, 2.05) is 6.07 Å². The molecule has 0 aliphatic heterocycles. The number of esters is 1. The van der Waals surface area contributed by atoms with Gasteiger partial charge in [0.1, 0.15) is 5.75 Å². The number of aliphatic hydroxyl groups is 2. The monoisotopic (exact) mass is 249 g/mol. The minimum absolute atomic E-state index is 0.300. The number of nitrogens with one attached hydrogen (secondary N) is 1. The van der Waals surface area contributed by atoms with E-state index < -0.39 is 12.1 Å². The van der Waals surface area contributed by atoms with Crippen molar-refractivity contribution in [2.24, 2.45) is 0 Å². The molecule has 0 fully saturated rings. The van der Waals surface area contributed by atoms with Gasteiger partial charge in [-0.25, -0.2) is 0 Å². The van der Waals surface area contributed by atoms with Gasteiger partial charge in [0.2, 0.25) is 0 Å². The van der Waals surface area contributed by atoms with Crippen LogP contribution in [0.1, 0.15) is 12.5 Å². The predicted molar refractivity (Wildman–Crippen MR) is 66.4 cm³/mol. The van der Waals surface area contributed by atoms with Gasteiger partial charge in [0.15, 0.2) is 0 Å². The molecule has 1 atom stereocenters. The molecule has 5 nitrogen and oxygen atoms in total. The van der Waals surface area contributed by atoms with Gasteiger partial charge in [-0.1, -0.05) is 6.07 Å². The van der Waals surface area contributed by atoms with Crippen LogP contribution in [0.5, 0.6) is 5.75 Å². The number of aliphatic hydroxyl groups excluding tert-OH is 2. The molecule has 0 spiro atoms. The van der Waals surface area contributed by atoms with Crippen molar-refractivity contribution in [1.82, 2.24) is 4.98 Å². The number of carbonyl (C=O) groups is 1. The number of aromatic nitrogens is 1. The van der Waals surface area contributed by atoms with Crippen LogP contribution >= 0.6 is 0 Å². The normalized spacial score (nSPS) is 12.6. The Morgan fingerprint density at radius 3 is 2.94 bits per heavy atom. The zero-order valence-corrected chi connectivity index (χ0v) is 10.0. The molecular weight excluding hydrogens is 234 g/mol. The van der Waals surface area contributed by atoms with Gasteiger partial charge in [0.25, 0.3) is 0 Å². The Morgan fingerprint density at radius 1 is 1.50 bits per heavy atom. The summed E-state index contributed by atoms with van der Waals surface area (Å²) in [4.78, 5) is 14.1. The van der Waals surface area contributed by atoms with Gasteiger partial charge in [-0.15, -0.1) is 0 Å². The van der Waals surface area contributed by atoms with E-state index in [4.69, 9.17) is 9.84 Å². The zero-order chi connectivity index (χ0) is 13.1. The van der Waals surface area contributed by atoms with E-state index in [0.717, 1.165) is 16.5 Å². The molecule has 0 saturated carbocycles. The summed E-state index contributed by atoms with van der Waals surface area (Å²) >= 11 is 0. The van der Waals surface area contributed by atoms with Crippen LogP contribution in [-0.4, -0.2) is 33.9 Å². The van der Waals surface area contributed by atoms with Gasteiger partial charge in [-0.05, 0) is 17.7 Å². The number of fused-ring (bicyclic) bond motifs is 1. The van der Waals surface area contributed by atoms with E-state index in [0.29, 0.717) is 12.2 Å². The van der Waals surface area contributed by atoms with Crippen LogP contribution in [0.2, 0.25) is 0 Å². The first-order valence-electron chi connectivity index (χ1n) is 5.68. The molecule has 1 heterocycles. The first kappa shape index (κ1) is 12.6. The van der Waals surface area contributed by atoms with Crippen molar-refractivity contribution in [3.63, 3.8) is 0 Å². The number of hydrogen-bond donors (Lipinski definition) is 3. The Labute approximate surface area is 104 Å². The van der Waals surface area contributed by atoms with Gasteiger partial charge >= 0.3 is 5.97 Å². The average Bonchev–Trinajstić information content (AvgIpc) is 2.73. The molecule has 1 aromatic carbocycles. The number of benzene rings is 1. The maximum absolute atomic E-state index is 11.0. The lowest BCUT2D eigenvalue weighted by molar-refractivity contribution is -0.131. The molecule has 2 aromatic rings. The third kappa shape index (κ3) is 2.52. The lowest BCUT2D eigenvalue weighted by atomic mass is 10.1. The summed E-state index contributed by atoms with van der Waals surface area (Å²) in [5.41, 5.74) is 1.64. The molecule has 0 aliphatic rings. The molecule has 0 aliphatic carbocycles. The SMILES string of the molecule is CC(=O)Oc1cccc2[nH]cc(CC(O)CO)c12. The van der Waals surface area contributed by atoms with Crippen LogP contribution in [0, 0.1) is 0 Å². The van der Waals surface area contributed by atoms with Crippen molar-refractivity contribution in [2.75, 3.05) is 6.61 Å². The molecule has 0 bridgehead atoms. The van der Waals surface area contributed by atoms with Gasteiger partial charge in [-0.2, -0.15) is 0 Å². The molecular formula is C13H15NO4. The van der Waals surface area contributed by atoms with E-state index in [9.17, 15) is 9.90 Å². The molecule has 0 radical (unpaired) electrons. The molecule has 2 rings (SSSR count). The van der Waals surface area contributed by atoms with Crippen LogP contribution in [0.3, 0.4) is 0 Å². The molecule has 18 heavy (non-hydrogen) atoms. The van der Waals surface area contributed by atoms with E-state index in [1.54, 1.807) is 18.3 Å². The summed E-state index contributed by atoms with van der Waals surface area (Å²) in [6.45, 7) is 1.04. The fourth-order valence-electron chi connectivity index (χ4n) is 1.94. The second kappa shape index (κ2) is 5.20. The molecule has 1 aromatic heterocycles. The smallest absolute Gasteiger partial charge is 0.308 e. The third-order valence-corrected chi connectivity index (χ3v) is 2.67. The fourth-order valence-corrected chi connectivity index (χ4v) is 1.94. The Hall–Kier alpha value is -1.85. The Bertz CT molecular complexity index is 561. The van der Waals surface area contributed by atoms with Crippen molar-refractivity contribution < 1.29 is 19.7 Å². The quantitative estimate of drug-likeness (QED) is 0.557. The van der Waals surface area contributed by atoms with Crippen molar-refractivity contribution in [1.29, 1.82) is 0 Å². The summed E-state index contributed by atoms with van der Waals surface area (Å²) in [7, 11) is 0. The van der Waals surface area contributed by atoms with Crippen LogP contribution in [0.15, 0.2) is 24.4 Å². The lowest BCUT2D eigenvalue weighted by Crippen LogP contribution is -2.14. The zero-order valence-electron chi connectivity index (χ0n) is 10.0. The Kier molecular flexibility index (Phi) is 3.64. The molecule has 3 N–H and O–H groups in total. The largest absolute Gasteiger partial charge is 0.426 e. The first-order valence-corrected chi connectivity index (χ1v) is 5.68. The second-order valence-electron chi connectivity index (χ2n) is 4.13. The molecule has 5 heteroatoms. The van der Waals surface area contributed by atoms with Crippen LogP contribution in [0.4, 0.5) is 0 Å². The van der Waals surface area contributed by atoms with Crippen molar-refractivity contribution in [2.45, 2.75) is 19.4 Å². The highest BCUT2D eigenvalue weighted by atomic mass is 16.5. The van der Waals surface area contributed by atoms with Crippen LogP contribution in [0.25, 0.3) is 10.9 Å². The average molecular weight is 249 g/mol. The minimum atomic E-state index is -0.825. The number of rotatable bonds is 4. The third-order valence-electron chi connectivity index (χ3n) is 2.67. The van der Waals surface area contributed by atoms with E-state index >= 15 is 0 Å². The predicted octanol–water partition coefficient (Wildman–Crippen LogP) is 0.989. The minimum Gasteiger partial charge on any atom is -0.426 e. The highest BCUT2D eigenvalue weighted by Crippen LogP contribution is 2.29. The van der Waals surface area contributed by atoms with Gasteiger partial charge in [0, 0.05) is 30.4 Å². The van der Waals surface area contributed by atoms with E-state index in [-0.39, 0.29) is 6.61 Å². The summed E-state index contributed by atoms with van der Waals surface area (Å²) in [5, 5.41) is 19.1. The maximum Gasteiger partial charge on any atom is 0.308 e. The first-order chi connectivity index (χ1) is 8.61. The summed E-state index contributed by atoms with van der Waals surface area (Å²) in [6, 6.07) is 5.34. The number of aromatic amines is 1.